The molecule has 1 fully saturated rings. The zero-order valence-electron chi connectivity index (χ0n) is 29.5. The summed E-state index contributed by atoms with van der Waals surface area (Å²) in [4.78, 5) is 11.0. The van der Waals surface area contributed by atoms with E-state index in [9.17, 15) is 4.79 Å². The Morgan fingerprint density at radius 2 is 1.23 bits per heavy atom. The van der Waals surface area contributed by atoms with Crippen LogP contribution >= 0.6 is 22.7 Å². The van der Waals surface area contributed by atoms with Crippen molar-refractivity contribution in [3.05, 3.63) is 119 Å². The summed E-state index contributed by atoms with van der Waals surface area (Å²) >= 11 is 3.43. The topological polar surface area (TPSA) is 63.2 Å². The summed E-state index contributed by atoms with van der Waals surface area (Å²) in [7, 11) is 0. The molecule has 53 heavy (non-hydrogen) atoms. The van der Waals surface area contributed by atoms with Crippen LogP contribution in [0.4, 0.5) is 0 Å². The van der Waals surface area contributed by atoms with Crippen LogP contribution in [0.3, 0.4) is 0 Å². The highest BCUT2D eigenvalue weighted by Gasteiger charge is 2.14. The standard InChI is InChI=1S/C45H36O6S2/c1-3-33-22-30(7-8-31-11-17-37-39-19-15-35(49-27-48-29(2)46)25-43(39)52-41(37)23-31)9-13-34(33)14-10-32-12-18-38-40-20-16-36(26-44(40)53-42(38)24-32)50-28-51-45-6-4-5-21-47-45/h9,11-13,15-20,22-26,45H,3-6,21,27-28H2,1-2H3. The first-order valence-electron chi connectivity index (χ1n) is 17.7. The molecule has 264 valence electrons. The Hall–Kier alpha value is -5.35. The van der Waals surface area contributed by atoms with Crippen molar-refractivity contribution < 1.29 is 28.5 Å². The van der Waals surface area contributed by atoms with Gasteiger partial charge in [0.25, 0.3) is 0 Å². The molecule has 0 radical (unpaired) electrons. The third-order valence-electron chi connectivity index (χ3n) is 9.17. The van der Waals surface area contributed by atoms with Crippen LogP contribution in [-0.2, 0) is 25.4 Å². The molecule has 0 saturated carbocycles. The summed E-state index contributed by atoms with van der Waals surface area (Å²) in [6.07, 6.45) is 3.83. The van der Waals surface area contributed by atoms with E-state index >= 15 is 0 Å². The lowest BCUT2D eigenvalue weighted by molar-refractivity contribution is -0.190. The van der Waals surface area contributed by atoms with Gasteiger partial charge in [0.1, 0.15) is 11.5 Å². The molecule has 7 aromatic rings. The lowest BCUT2D eigenvalue weighted by Crippen LogP contribution is -2.24. The summed E-state index contributed by atoms with van der Waals surface area (Å²) in [6, 6.07) is 31.2. The number of thiophene rings is 2. The molecule has 0 spiro atoms. The molecule has 0 amide bonds. The third-order valence-corrected chi connectivity index (χ3v) is 11.4. The van der Waals surface area contributed by atoms with E-state index in [1.165, 1.54) is 38.0 Å². The molecular weight excluding hydrogens is 701 g/mol. The molecule has 1 aliphatic heterocycles. The van der Waals surface area contributed by atoms with Crippen LogP contribution in [0.15, 0.2) is 91.0 Å². The molecule has 0 N–H and O–H groups in total. The van der Waals surface area contributed by atoms with Crippen LogP contribution in [0, 0.1) is 23.7 Å². The van der Waals surface area contributed by atoms with Crippen molar-refractivity contribution in [1.82, 2.24) is 0 Å². The molecule has 3 heterocycles. The fourth-order valence-corrected chi connectivity index (χ4v) is 8.77. The third kappa shape index (κ3) is 8.03. The Morgan fingerprint density at radius 3 is 1.81 bits per heavy atom. The zero-order chi connectivity index (χ0) is 36.1. The average molecular weight is 737 g/mol. The van der Waals surface area contributed by atoms with Gasteiger partial charge in [-0.1, -0.05) is 42.7 Å². The van der Waals surface area contributed by atoms with Gasteiger partial charge in [0.15, 0.2) is 13.1 Å². The van der Waals surface area contributed by atoms with E-state index in [0.29, 0.717) is 5.75 Å². The van der Waals surface area contributed by atoms with Gasteiger partial charge in [0.05, 0.1) is 0 Å². The van der Waals surface area contributed by atoms with Gasteiger partial charge in [0, 0.05) is 76.1 Å². The molecule has 0 aliphatic carbocycles. The summed E-state index contributed by atoms with van der Waals surface area (Å²) in [5.41, 5.74) is 5.08. The molecule has 8 heteroatoms. The van der Waals surface area contributed by atoms with Crippen molar-refractivity contribution >= 4 is 69.0 Å². The molecular formula is C45H36O6S2. The van der Waals surface area contributed by atoms with Crippen LogP contribution in [0.2, 0.25) is 0 Å². The SMILES string of the molecule is CCc1cc(C#Cc2ccc3c(c2)sc2cc(OCOC(C)=O)ccc23)ccc1C#Cc1ccc2c(c1)sc1cc(OCOC3CCCCO3)ccc12. The van der Waals surface area contributed by atoms with E-state index < -0.39 is 0 Å². The first-order chi connectivity index (χ1) is 26.0. The van der Waals surface area contributed by atoms with Crippen molar-refractivity contribution in [1.29, 1.82) is 0 Å². The van der Waals surface area contributed by atoms with Gasteiger partial charge in [-0.3, -0.25) is 4.79 Å². The van der Waals surface area contributed by atoms with Crippen LogP contribution < -0.4 is 9.47 Å². The van der Waals surface area contributed by atoms with Gasteiger partial charge < -0.3 is 23.7 Å². The van der Waals surface area contributed by atoms with Crippen molar-refractivity contribution in [2.24, 2.45) is 0 Å². The Kier molecular flexibility index (Phi) is 10.3. The second-order valence-corrected chi connectivity index (χ2v) is 15.0. The number of hydrogen-bond acceptors (Lipinski definition) is 8. The number of benzene rings is 5. The minimum atomic E-state index is -0.372. The number of carbonyl (C=O) groups is 1. The van der Waals surface area contributed by atoms with Gasteiger partial charge in [-0.25, -0.2) is 0 Å². The quantitative estimate of drug-likeness (QED) is 0.0879. The molecule has 2 aromatic heterocycles. The predicted octanol–water partition coefficient (Wildman–Crippen LogP) is 10.6. The van der Waals surface area contributed by atoms with E-state index in [-0.39, 0.29) is 25.8 Å². The number of rotatable bonds is 8. The highest BCUT2D eigenvalue weighted by atomic mass is 32.1. The monoisotopic (exact) mass is 736 g/mol. The van der Waals surface area contributed by atoms with Crippen molar-refractivity contribution in [2.75, 3.05) is 20.2 Å². The van der Waals surface area contributed by atoms with Gasteiger partial charge >= 0.3 is 5.97 Å². The van der Waals surface area contributed by atoms with Crippen LogP contribution in [0.1, 0.15) is 60.9 Å². The van der Waals surface area contributed by atoms with Crippen LogP contribution in [0.5, 0.6) is 11.5 Å². The second kappa shape index (κ2) is 15.7. The largest absolute Gasteiger partial charge is 0.467 e. The van der Waals surface area contributed by atoms with E-state index in [1.54, 1.807) is 22.7 Å². The second-order valence-electron chi connectivity index (χ2n) is 12.8. The minimum absolute atomic E-state index is 0.102. The summed E-state index contributed by atoms with van der Waals surface area (Å²) in [5.74, 6) is 14.6. The normalized spacial score (nSPS) is 14.1. The molecule has 6 nitrogen and oxygen atoms in total. The molecule has 5 aromatic carbocycles. The van der Waals surface area contributed by atoms with Gasteiger partial charge in [-0.05, 0) is 110 Å². The number of ether oxygens (including phenoxy) is 5. The van der Waals surface area contributed by atoms with Crippen LogP contribution in [0.25, 0.3) is 40.3 Å². The first-order valence-corrected chi connectivity index (χ1v) is 19.3. The Morgan fingerprint density at radius 1 is 0.679 bits per heavy atom. The van der Waals surface area contributed by atoms with Crippen molar-refractivity contribution in [3.63, 3.8) is 0 Å². The zero-order valence-corrected chi connectivity index (χ0v) is 31.1. The van der Waals surface area contributed by atoms with Gasteiger partial charge in [-0.2, -0.15) is 0 Å². The van der Waals surface area contributed by atoms with Crippen molar-refractivity contribution in [2.45, 2.75) is 45.8 Å². The maximum Gasteiger partial charge on any atom is 0.305 e. The van der Waals surface area contributed by atoms with E-state index in [4.69, 9.17) is 23.7 Å². The van der Waals surface area contributed by atoms with E-state index in [1.807, 2.05) is 30.3 Å². The molecule has 0 bridgehead atoms. The van der Waals surface area contributed by atoms with Gasteiger partial charge in [0.2, 0.25) is 6.79 Å². The fourth-order valence-electron chi connectivity index (χ4n) is 6.42. The average Bonchev–Trinajstić information content (AvgIpc) is 3.73. The number of carbonyl (C=O) groups excluding carboxylic acids is 1. The summed E-state index contributed by atoms with van der Waals surface area (Å²) < 4.78 is 32.4. The highest BCUT2D eigenvalue weighted by molar-refractivity contribution is 7.26. The summed E-state index contributed by atoms with van der Waals surface area (Å²) in [6.45, 7) is 4.34. The number of esters is 1. The molecule has 1 aliphatic rings. The molecule has 1 unspecified atom stereocenters. The summed E-state index contributed by atoms with van der Waals surface area (Å²) in [5, 5.41) is 4.76. The van der Waals surface area contributed by atoms with Crippen molar-refractivity contribution in [3.8, 4) is 35.2 Å². The van der Waals surface area contributed by atoms with E-state index in [0.717, 1.165) is 75.1 Å². The highest BCUT2D eigenvalue weighted by Crippen LogP contribution is 2.37. The number of hydrogen-bond donors (Lipinski definition) is 0. The Balaban J connectivity index is 0.954. The van der Waals surface area contributed by atoms with Crippen LogP contribution in [-0.4, -0.2) is 32.5 Å². The first kappa shape index (κ1) is 34.7. The van der Waals surface area contributed by atoms with Gasteiger partial charge in [-0.15, -0.1) is 22.7 Å². The number of fused-ring (bicyclic) bond motifs is 6. The molecule has 8 rings (SSSR count). The fraction of sp³-hybridized carbons (Fsp3) is 0.222. The minimum Gasteiger partial charge on any atom is -0.467 e. The predicted molar refractivity (Wildman–Crippen MR) is 214 cm³/mol. The Labute approximate surface area is 316 Å². The molecule has 1 saturated heterocycles. The smallest absolute Gasteiger partial charge is 0.305 e. The lowest BCUT2D eigenvalue weighted by atomic mass is 10.0. The lowest BCUT2D eigenvalue weighted by Gasteiger charge is -2.22. The maximum absolute atomic E-state index is 11.0. The molecule has 1 atom stereocenters. The van der Waals surface area contributed by atoms with E-state index in [2.05, 4.69) is 91.3 Å². The number of aryl methyl sites for hydroxylation is 1. The maximum atomic E-state index is 11.0. The Bertz CT molecular complexity index is 2600.